The summed E-state index contributed by atoms with van der Waals surface area (Å²) in [5.74, 6) is 1.55. The third-order valence-corrected chi connectivity index (χ3v) is 5.49. The van der Waals surface area contributed by atoms with Crippen molar-refractivity contribution in [3.63, 3.8) is 0 Å². The highest BCUT2D eigenvalue weighted by atomic mass is 16.5. The SMILES string of the molecule is COc1cccc(CN2CCC(n3nnc4c(=O)[nH]c(C(C)(C)C)nc43)CC2)c1. The Morgan fingerprint density at radius 1 is 1.24 bits per heavy atom. The summed E-state index contributed by atoms with van der Waals surface area (Å²) in [7, 11) is 1.69. The summed E-state index contributed by atoms with van der Waals surface area (Å²) in [5.41, 5.74) is 1.68. The van der Waals surface area contributed by atoms with Gasteiger partial charge in [-0.25, -0.2) is 9.67 Å². The van der Waals surface area contributed by atoms with Crippen molar-refractivity contribution in [1.29, 1.82) is 0 Å². The lowest BCUT2D eigenvalue weighted by atomic mass is 9.96. The second kappa shape index (κ2) is 7.59. The van der Waals surface area contributed by atoms with Gasteiger partial charge in [0.15, 0.2) is 11.2 Å². The molecule has 0 unspecified atom stereocenters. The Labute approximate surface area is 169 Å². The molecule has 0 saturated carbocycles. The number of H-pyrrole nitrogens is 1. The highest BCUT2D eigenvalue weighted by Gasteiger charge is 2.26. The van der Waals surface area contributed by atoms with E-state index in [0.717, 1.165) is 38.2 Å². The third kappa shape index (κ3) is 4.03. The average molecular weight is 396 g/mol. The van der Waals surface area contributed by atoms with Crippen LogP contribution >= 0.6 is 0 Å². The molecule has 1 fully saturated rings. The molecule has 3 heterocycles. The summed E-state index contributed by atoms with van der Waals surface area (Å²) in [4.78, 5) is 22.4. The van der Waals surface area contributed by atoms with Crippen molar-refractivity contribution in [2.45, 2.75) is 51.6 Å². The molecule has 0 atom stereocenters. The van der Waals surface area contributed by atoms with E-state index >= 15 is 0 Å². The number of aromatic nitrogens is 5. The summed E-state index contributed by atoms with van der Waals surface area (Å²) >= 11 is 0. The number of likely N-dealkylation sites (tertiary alicyclic amines) is 1. The number of hydrogen-bond acceptors (Lipinski definition) is 6. The van der Waals surface area contributed by atoms with Crippen molar-refractivity contribution in [2.75, 3.05) is 20.2 Å². The zero-order valence-corrected chi connectivity index (χ0v) is 17.5. The van der Waals surface area contributed by atoms with Crippen LogP contribution in [0.15, 0.2) is 29.1 Å². The van der Waals surface area contributed by atoms with Gasteiger partial charge in [0.2, 0.25) is 0 Å². The topological polar surface area (TPSA) is 88.9 Å². The van der Waals surface area contributed by atoms with Gasteiger partial charge < -0.3 is 9.72 Å². The molecule has 3 aromatic rings. The zero-order valence-electron chi connectivity index (χ0n) is 17.5. The molecule has 1 N–H and O–H groups in total. The van der Waals surface area contributed by atoms with Gasteiger partial charge >= 0.3 is 0 Å². The second-order valence-electron chi connectivity index (χ2n) is 8.73. The van der Waals surface area contributed by atoms with E-state index in [2.05, 4.69) is 32.3 Å². The Hall–Kier alpha value is -2.74. The number of aromatic amines is 1. The first-order valence-corrected chi connectivity index (χ1v) is 10.1. The summed E-state index contributed by atoms with van der Waals surface area (Å²) in [5, 5.41) is 8.39. The van der Waals surface area contributed by atoms with Gasteiger partial charge in [-0.3, -0.25) is 9.69 Å². The molecule has 1 saturated heterocycles. The fourth-order valence-corrected chi connectivity index (χ4v) is 3.79. The van der Waals surface area contributed by atoms with Crippen molar-refractivity contribution in [3.8, 4) is 5.75 Å². The molecule has 1 aromatic carbocycles. The molecule has 0 aliphatic carbocycles. The van der Waals surface area contributed by atoms with E-state index < -0.39 is 0 Å². The van der Waals surface area contributed by atoms with Crippen LogP contribution in [0.5, 0.6) is 5.75 Å². The Morgan fingerprint density at radius 3 is 2.69 bits per heavy atom. The lowest BCUT2D eigenvalue weighted by Gasteiger charge is -2.32. The fraction of sp³-hybridized carbons (Fsp3) is 0.524. The quantitative estimate of drug-likeness (QED) is 0.729. The predicted octanol–water partition coefficient (Wildman–Crippen LogP) is 2.66. The van der Waals surface area contributed by atoms with E-state index in [1.165, 1.54) is 5.56 Å². The maximum atomic E-state index is 12.4. The minimum absolute atomic E-state index is 0.198. The van der Waals surface area contributed by atoms with E-state index in [9.17, 15) is 4.79 Å². The van der Waals surface area contributed by atoms with Crippen molar-refractivity contribution in [2.24, 2.45) is 0 Å². The highest BCUT2D eigenvalue weighted by Crippen LogP contribution is 2.26. The molecule has 8 nitrogen and oxygen atoms in total. The molecular formula is C21H28N6O2. The monoisotopic (exact) mass is 396 g/mol. The highest BCUT2D eigenvalue weighted by molar-refractivity contribution is 5.68. The lowest BCUT2D eigenvalue weighted by molar-refractivity contribution is 0.174. The standard InChI is InChI=1S/C21H28N6O2/c1-21(2,3)20-22-18-17(19(28)23-20)24-25-27(18)15-8-10-26(11-9-15)13-14-6-5-7-16(12-14)29-4/h5-7,12,15H,8-11,13H2,1-4H3,(H,22,23,28). The van der Waals surface area contributed by atoms with Crippen molar-refractivity contribution in [3.05, 3.63) is 46.0 Å². The molecule has 0 bridgehead atoms. The number of rotatable bonds is 4. The summed E-state index contributed by atoms with van der Waals surface area (Å²) < 4.78 is 7.17. The first-order chi connectivity index (χ1) is 13.8. The van der Waals surface area contributed by atoms with Gasteiger partial charge in [-0.15, -0.1) is 5.10 Å². The van der Waals surface area contributed by atoms with Gasteiger partial charge in [0, 0.05) is 25.0 Å². The minimum atomic E-state index is -0.247. The number of benzene rings is 1. The third-order valence-electron chi connectivity index (χ3n) is 5.49. The number of piperidine rings is 1. The van der Waals surface area contributed by atoms with Crippen molar-refractivity contribution >= 4 is 11.2 Å². The van der Waals surface area contributed by atoms with Crippen LogP contribution in [-0.2, 0) is 12.0 Å². The molecular weight excluding hydrogens is 368 g/mol. The summed E-state index contributed by atoms with van der Waals surface area (Å²) in [6, 6.07) is 8.40. The molecule has 154 valence electrons. The van der Waals surface area contributed by atoms with Crippen LogP contribution in [0, 0.1) is 0 Å². The van der Waals surface area contributed by atoms with E-state index in [4.69, 9.17) is 9.72 Å². The van der Waals surface area contributed by atoms with Crippen molar-refractivity contribution < 1.29 is 4.74 Å². The normalized spacial score (nSPS) is 16.4. The largest absolute Gasteiger partial charge is 0.497 e. The molecule has 1 aliphatic heterocycles. The Kier molecular flexibility index (Phi) is 5.12. The Morgan fingerprint density at radius 2 is 2.00 bits per heavy atom. The van der Waals surface area contributed by atoms with Crippen molar-refractivity contribution in [1.82, 2.24) is 29.9 Å². The molecule has 29 heavy (non-hydrogen) atoms. The predicted molar refractivity (Wildman–Crippen MR) is 111 cm³/mol. The molecule has 1 aliphatic rings. The number of nitrogens with one attached hydrogen (secondary N) is 1. The maximum Gasteiger partial charge on any atom is 0.281 e. The van der Waals surface area contributed by atoms with Crippen LogP contribution < -0.4 is 10.3 Å². The van der Waals surface area contributed by atoms with E-state index in [1.54, 1.807) is 7.11 Å². The molecule has 2 aromatic heterocycles. The maximum absolute atomic E-state index is 12.4. The molecule has 0 amide bonds. The first-order valence-electron chi connectivity index (χ1n) is 10.1. The van der Waals surface area contributed by atoms with Gasteiger partial charge in [-0.1, -0.05) is 38.1 Å². The molecule has 0 radical (unpaired) electrons. The number of fused-ring (bicyclic) bond motifs is 1. The van der Waals surface area contributed by atoms with Crippen LogP contribution in [0.4, 0.5) is 0 Å². The number of ether oxygens (including phenoxy) is 1. The number of hydrogen-bond donors (Lipinski definition) is 1. The lowest BCUT2D eigenvalue weighted by Crippen LogP contribution is -2.34. The van der Waals surface area contributed by atoms with Gasteiger partial charge in [0.05, 0.1) is 13.2 Å². The zero-order chi connectivity index (χ0) is 20.6. The van der Waals surface area contributed by atoms with Crippen LogP contribution in [0.2, 0.25) is 0 Å². The first kappa shape index (κ1) is 19.6. The molecule has 4 rings (SSSR count). The fourth-order valence-electron chi connectivity index (χ4n) is 3.79. The molecule has 0 spiro atoms. The second-order valence-corrected chi connectivity index (χ2v) is 8.73. The van der Waals surface area contributed by atoms with Gasteiger partial charge in [0.25, 0.3) is 5.56 Å². The van der Waals surface area contributed by atoms with E-state index in [0.29, 0.717) is 17.0 Å². The van der Waals surface area contributed by atoms with Gasteiger partial charge in [-0.2, -0.15) is 0 Å². The van der Waals surface area contributed by atoms with Gasteiger partial charge in [0.1, 0.15) is 11.6 Å². The summed E-state index contributed by atoms with van der Waals surface area (Å²) in [6.45, 7) is 8.90. The number of methoxy groups -OCH3 is 1. The van der Waals surface area contributed by atoms with Gasteiger partial charge in [-0.05, 0) is 30.5 Å². The Bertz CT molecular complexity index is 1060. The average Bonchev–Trinajstić information content (AvgIpc) is 3.13. The van der Waals surface area contributed by atoms with Crippen LogP contribution in [0.25, 0.3) is 11.2 Å². The van der Waals surface area contributed by atoms with Crippen LogP contribution in [0.3, 0.4) is 0 Å². The van der Waals surface area contributed by atoms with Crippen LogP contribution in [-0.4, -0.2) is 50.1 Å². The Balaban J connectivity index is 1.50. The van der Waals surface area contributed by atoms with Crippen LogP contribution in [0.1, 0.15) is 51.0 Å². The molecule has 8 heteroatoms. The van der Waals surface area contributed by atoms with E-state index in [-0.39, 0.29) is 17.0 Å². The smallest absolute Gasteiger partial charge is 0.281 e. The number of nitrogens with zero attached hydrogens (tertiary/aromatic N) is 5. The summed E-state index contributed by atoms with van der Waals surface area (Å²) in [6.07, 6.45) is 1.89. The van der Waals surface area contributed by atoms with E-state index in [1.807, 2.05) is 37.6 Å². The minimum Gasteiger partial charge on any atom is -0.497 e.